The molecule has 0 atom stereocenters. The SMILES string of the molecule is CCCc1nc(NC)c(C)c(N(C)C(C)C)n1. The van der Waals surface area contributed by atoms with Crippen molar-refractivity contribution < 1.29 is 0 Å². The zero-order valence-corrected chi connectivity index (χ0v) is 11.8. The van der Waals surface area contributed by atoms with Crippen molar-refractivity contribution in [2.45, 2.75) is 46.6 Å². The van der Waals surface area contributed by atoms with Crippen LogP contribution in [0.4, 0.5) is 11.6 Å². The molecule has 0 fully saturated rings. The fraction of sp³-hybridized carbons (Fsp3) is 0.692. The van der Waals surface area contributed by atoms with E-state index in [1.165, 1.54) is 0 Å². The number of hydrogen-bond donors (Lipinski definition) is 1. The normalized spacial score (nSPS) is 10.8. The second-order valence-corrected chi connectivity index (χ2v) is 4.64. The highest BCUT2D eigenvalue weighted by molar-refractivity contribution is 5.58. The highest BCUT2D eigenvalue weighted by Gasteiger charge is 2.14. The summed E-state index contributed by atoms with van der Waals surface area (Å²) >= 11 is 0. The molecule has 4 heteroatoms. The monoisotopic (exact) mass is 236 g/mol. The average molecular weight is 236 g/mol. The quantitative estimate of drug-likeness (QED) is 0.853. The first-order valence-corrected chi connectivity index (χ1v) is 6.29. The molecule has 0 saturated carbocycles. The molecule has 0 spiro atoms. The van der Waals surface area contributed by atoms with Gasteiger partial charge >= 0.3 is 0 Å². The summed E-state index contributed by atoms with van der Waals surface area (Å²) < 4.78 is 0. The van der Waals surface area contributed by atoms with Crippen LogP contribution < -0.4 is 10.2 Å². The van der Waals surface area contributed by atoms with Crippen LogP contribution in [0.5, 0.6) is 0 Å². The number of nitrogens with zero attached hydrogens (tertiary/aromatic N) is 3. The third kappa shape index (κ3) is 3.08. The van der Waals surface area contributed by atoms with Crippen molar-refractivity contribution in [1.29, 1.82) is 0 Å². The molecule has 0 unspecified atom stereocenters. The van der Waals surface area contributed by atoms with Crippen LogP contribution in [-0.2, 0) is 6.42 Å². The van der Waals surface area contributed by atoms with Crippen LogP contribution in [-0.4, -0.2) is 30.1 Å². The molecule has 1 N–H and O–H groups in total. The number of nitrogens with one attached hydrogen (secondary N) is 1. The van der Waals surface area contributed by atoms with Crippen molar-refractivity contribution >= 4 is 11.6 Å². The lowest BCUT2D eigenvalue weighted by Gasteiger charge is -2.25. The predicted molar refractivity (Wildman–Crippen MR) is 73.8 cm³/mol. The number of rotatable bonds is 5. The van der Waals surface area contributed by atoms with E-state index in [0.717, 1.165) is 35.9 Å². The second-order valence-electron chi connectivity index (χ2n) is 4.64. The maximum atomic E-state index is 4.67. The predicted octanol–water partition coefficient (Wildman–Crippen LogP) is 2.62. The number of hydrogen-bond acceptors (Lipinski definition) is 4. The smallest absolute Gasteiger partial charge is 0.137 e. The minimum Gasteiger partial charge on any atom is -0.373 e. The van der Waals surface area contributed by atoms with Crippen molar-refractivity contribution in [3.63, 3.8) is 0 Å². The summed E-state index contributed by atoms with van der Waals surface area (Å²) in [6.45, 7) is 8.55. The van der Waals surface area contributed by atoms with Crippen LogP contribution in [0.25, 0.3) is 0 Å². The zero-order chi connectivity index (χ0) is 13.0. The molecule has 0 aromatic carbocycles. The highest BCUT2D eigenvalue weighted by atomic mass is 15.2. The van der Waals surface area contributed by atoms with Gasteiger partial charge in [-0.2, -0.15) is 0 Å². The Bertz CT molecular complexity index is 374. The fourth-order valence-corrected chi connectivity index (χ4v) is 1.72. The van der Waals surface area contributed by atoms with E-state index >= 15 is 0 Å². The molecule has 0 aliphatic carbocycles. The molecule has 0 saturated heterocycles. The van der Waals surface area contributed by atoms with Crippen LogP contribution >= 0.6 is 0 Å². The van der Waals surface area contributed by atoms with E-state index in [1.807, 2.05) is 7.05 Å². The minimum absolute atomic E-state index is 0.433. The van der Waals surface area contributed by atoms with Gasteiger partial charge in [0.15, 0.2) is 0 Å². The summed E-state index contributed by atoms with van der Waals surface area (Å²) in [6, 6.07) is 0.433. The standard InChI is InChI=1S/C13H24N4/c1-7-8-11-15-12(14-5)10(4)13(16-11)17(6)9(2)3/h9H,7-8H2,1-6H3,(H,14,15,16). The van der Waals surface area contributed by atoms with E-state index in [4.69, 9.17) is 0 Å². The van der Waals surface area contributed by atoms with Gasteiger partial charge in [0, 0.05) is 32.1 Å². The molecule has 0 aliphatic heterocycles. The van der Waals surface area contributed by atoms with Gasteiger partial charge in [-0.25, -0.2) is 9.97 Å². The first-order valence-electron chi connectivity index (χ1n) is 6.29. The lowest BCUT2D eigenvalue weighted by atomic mass is 10.2. The lowest BCUT2D eigenvalue weighted by molar-refractivity contribution is 0.727. The Morgan fingerprint density at radius 2 is 1.94 bits per heavy atom. The van der Waals surface area contributed by atoms with Crippen LogP contribution in [0.15, 0.2) is 0 Å². The lowest BCUT2D eigenvalue weighted by Crippen LogP contribution is -2.28. The maximum Gasteiger partial charge on any atom is 0.137 e. The van der Waals surface area contributed by atoms with Gasteiger partial charge in [0.1, 0.15) is 17.5 Å². The van der Waals surface area contributed by atoms with Crippen molar-refractivity contribution in [3.8, 4) is 0 Å². The number of aryl methyl sites for hydroxylation is 1. The summed E-state index contributed by atoms with van der Waals surface area (Å²) in [6.07, 6.45) is 1.99. The van der Waals surface area contributed by atoms with Gasteiger partial charge in [0.2, 0.25) is 0 Å². The van der Waals surface area contributed by atoms with Crippen LogP contribution in [0, 0.1) is 6.92 Å². The Morgan fingerprint density at radius 1 is 1.29 bits per heavy atom. The van der Waals surface area contributed by atoms with Crippen LogP contribution in [0.3, 0.4) is 0 Å². The third-order valence-electron chi connectivity index (χ3n) is 2.99. The maximum absolute atomic E-state index is 4.67. The Labute approximate surface area is 104 Å². The van der Waals surface area contributed by atoms with Crippen LogP contribution in [0.2, 0.25) is 0 Å². The molecule has 1 heterocycles. The molecule has 0 bridgehead atoms. The molecule has 1 aromatic rings. The van der Waals surface area contributed by atoms with E-state index in [2.05, 4.69) is 54.9 Å². The summed E-state index contributed by atoms with van der Waals surface area (Å²) in [4.78, 5) is 11.4. The summed E-state index contributed by atoms with van der Waals surface area (Å²) in [5, 5.41) is 3.15. The van der Waals surface area contributed by atoms with Crippen molar-refractivity contribution in [2.24, 2.45) is 0 Å². The Hall–Kier alpha value is -1.32. The summed E-state index contributed by atoms with van der Waals surface area (Å²) in [5.74, 6) is 2.89. The van der Waals surface area contributed by atoms with E-state index in [-0.39, 0.29) is 0 Å². The topological polar surface area (TPSA) is 41.1 Å². The van der Waals surface area contributed by atoms with Gasteiger partial charge in [0.25, 0.3) is 0 Å². The van der Waals surface area contributed by atoms with E-state index in [9.17, 15) is 0 Å². The molecule has 17 heavy (non-hydrogen) atoms. The van der Waals surface area contributed by atoms with Crippen molar-refractivity contribution in [3.05, 3.63) is 11.4 Å². The molecule has 1 rings (SSSR count). The second kappa shape index (κ2) is 5.84. The molecule has 0 aliphatic rings. The van der Waals surface area contributed by atoms with Gasteiger partial charge < -0.3 is 10.2 Å². The molecule has 0 amide bonds. The van der Waals surface area contributed by atoms with Crippen LogP contribution in [0.1, 0.15) is 38.6 Å². The molecule has 1 aromatic heterocycles. The zero-order valence-electron chi connectivity index (χ0n) is 11.8. The molecular weight excluding hydrogens is 212 g/mol. The van der Waals surface area contributed by atoms with Gasteiger partial charge in [-0.1, -0.05) is 6.92 Å². The number of anilines is 2. The van der Waals surface area contributed by atoms with Gasteiger partial charge in [0.05, 0.1) is 0 Å². The highest BCUT2D eigenvalue weighted by Crippen LogP contribution is 2.24. The molecule has 4 nitrogen and oxygen atoms in total. The van der Waals surface area contributed by atoms with Crippen molar-refractivity contribution in [2.75, 3.05) is 24.3 Å². The third-order valence-corrected chi connectivity index (χ3v) is 2.99. The fourth-order valence-electron chi connectivity index (χ4n) is 1.72. The Balaban J connectivity index is 3.22. The summed E-state index contributed by atoms with van der Waals surface area (Å²) in [7, 11) is 3.99. The van der Waals surface area contributed by atoms with E-state index in [0.29, 0.717) is 6.04 Å². The Kier molecular flexibility index (Phi) is 4.73. The molecule has 0 radical (unpaired) electrons. The average Bonchev–Trinajstić information content (AvgIpc) is 2.30. The summed E-state index contributed by atoms with van der Waals surface area (Å²) in [5.41, 5.74) is 1.11. The molecule has 96 valence electrons. The minimum atomic E-state index is 0.433. The van der Waals surface area contributed by atoms with Gasteiger partial charge in [-0.3, -0.25) is 0 Å². The van der Waals surface area contributed by atoms with Gasteiger partial charge in [-0.15, -0.1) is 0 Å². The molecular formula is C13H24N4. The number of aromatic nitrogens is 2. The first kappa shape index (κ1) is 13.7. The largest absolute Gasteiger partial charge is 0.373 e. The first-order chi connectivity index (χ1) is 8.01. The van der Waals surface area contributed by atoms with Crippen molar-refractivity contribution in [1.82, 2.24) is 9.97 Å². The van der Waals surface area contributed by atoms with Gasteiger partial charge in [-0.05, 0) is 27.2 Å². The Morgan fingerprint density at radius 3 is 2.41 bits per heavy atom. The van der Waals surface area contributed by atoms with E-state index < -0.39 is 0 Å². The van der Waals surface area contributed by atoms with E-state index in [1.54, 1.807) is 0 Å².